The zero-order chi connectivity index (χ0) is 15.2. The van der Waals surface area contributed by atoms with Crippen molar-refractivity contribution in [3.05, 3.63) is 35.5 Å². The summed E-state index contributed by atoms with van der Waals surface area (Å²) >= 11 is 1.64. The lowest BCUT2D eigenvalue weighted by Crippen LogP contribution is -2.25. The van der Waals surface area contributed by atoms with Crippen LogP contribution in [0.5, 0.6) is 0 Å². The number of amides is 2. The number of carbonyl (C=O) groups excluding carboxylic acids is 2. The maximum Gasteiger partial charge on any atom is 0.336 e. The minimum atomic E-state index is -0.320. The highest BCUT2D eigenvalue weighted by Crippen LogP contribution is 2.29. The molecule has 2 rings (SSSR count). The summed E-state index contributed by atoms with van der Waals surface area (Å²) < 4.78 is 4.78. The first kappa shape index (κ1) is 15.2. The Bertz CT molecular complexity index is 587. The van der Waals surface area contributed by atoms with E-state index in [0.29, 0.717) is 22.8 Å². The van der Waals surface area contributed by atoms with Gasteiger partial charge in [0.15, 0.2) is 0 Å². The molecule has 1 aliphatic heterocycles. The van der Waals surface area contributed by atoms with Crippen LogP contribution in [0.3, 0.4) is 0 Å². The minimum absolute atomic E-state index is 0.299. The van der Waals surface area contributed by atoms with Gasteiger partial charge in [-0.15, -0.1) is 0 Å². The smallest absolute Gasteiger partial charge is 0.336 e. The Balaban J connectivity index is 2.23. The summed E-state index contributed by atoms with van der Waals surface area (Å²) in [6.45, 7) is 0. The van der Waals surface area contributed by atoms with Crippen LogP contribution in [0, 0.1) is 0 Å². The van der Waals surface area contributed by atoms with E-state index in [0.717, 1.165) is 11.4 Å². The third kappa shape index (κ3) is 3.69. The molecule has 1 aromatic rings. The largest absolute Gasteiger partial charge is 0.466 e. The number of urea groups is 1. The normalized spacial score (nSPS) is 13.8. The Hall–Kier alpha value is -2.15. The lowest BCUT2D eigenvalue weighted by atomic mass is 10.2. The SMILES string of the molecule is CNC(=O)Nc1ccccc1NC1=C(C(=O)OC)CSC1. The highest BCUT2D eigenvalue weighted by Gasteiger charge is 2.22. The van der Waals surface area contributed by atoms with Gasteiger partial charge in [0.25, 0.3) is 0 Å². The molecule has 0 bridgehead atoms. The second-order valence-electron chi connectivity index (χ2n) is 4.32. The maximum absolute atomic E-state index is 11.7. The molecule has 1 aromatic carbocycles. The Kier molecular flexibility index (Phi) is 5.10. The molecule has 0 saturated carbocycles. The van der Waals surface area contributed by atoms with Crippen molar-refractivity contribution in [2.24, 2.45) is 0 Å². The number of ether oxygens (including phenoxy) is 1. The molecule has 6 nitrogen and oxygen atoms in total. The number of hydrogen-bond donors (Lipinski definition) is 3. The van der Waals surface area contributed by atoms with Gasteiger partial charge in [0.1, 0.15) is 0 Å². The van der Waals surface area contributed by atoms with E-state index < -0.39 is 0 Å². The van der Waals surface area contributed by atoms with Gasteiger partial charge in [0.2, 0.25) is 0 Å². The number of anilines is 2. The molecule has 0 saturated heterocycles. The zero-order valence-corrected chi connectivity index (χ0v) is 12.7. The van der Waals surface area contributed by atoms with E-state index >= 15 is 0 Å². The Morgan fingerprint density at radius 3 is 2.57 bits per heavy atom. The van der Waals surface area contributed by atoms with E-state index in [-0.39, 0.29) is 12.0 Å². The number of carbonyl (C=O) groups is 2. The van der Waals surface area contributed by atoms with Crippen LogP contribution in [-0.2, 0) is 9.53 Å². The number of hydrogen-bond acceptors (Lipinski definition) is 5. The van der Waals surface area contributed by atoms with Gasteiger partial charge in [-0.05, 0) is 12.1 Å². The van der Waals surface area contributed by atoms with E-state index in [2.05, 4.69) is 16.0 Å². The average Bonchev–Trinajstić information content (AvgIpc) is 2.96. The van der Waals surface area contributed by atoms with E-state index in [1.54, 1.807) is 24.9 Å². The van der Waals surface area contributed by atoms with Gasteiger partial charge in [-0.1, -0.05) is 12.1 Å². The van der Waals surface area contributed by atoms with Crippen LogP contribution >= 0.6 is 11.8 Å². The fourth-order valence-electron chi connectivity index (χ4n) is 1.89. The van der Waals surface area contributed by atoms with Gasteiger partial charge in [-0.2, -0.15) is 11.8 Å². The second kappa shape index (κ2) is 7.03. The molecule has 0 radical (unpaired) electrons. The first-order chi connectivity index (χ1) is 10.2. The summed E-state index contributed by atoms with van der Waals surface area (Å²) in [5.41, 5.74) is 2.83. The van der Waals surface area contributed by atoms with Gasteiger partial charge in [-0.25, -0.2) is 9.59 Å². The number of methoxy groups -OCH3 is 1. The molecule has 1 aliphatic rings. The summed E-state index contributed by atoms with van der Waals surface area (Å²) in [5.74, 6) is 1.01. The third-order valence-corrected chi connectivity index (χ3v) is 3.96. The van der Waals surface area contributed by atoms with Gasteiger partial charge >= 0.3 is 12.0 Å². The fourth-order valence-corrected chi connectivity index (χ4v) is 2.94. The second-order valence-corrected chi connectivity index (χ2v) is 5.30. The summed E-state index contributed by atoms with van der Waals surface area (Å²) in [5, 5.41) is 8.46. The molecular weight excluding hydrogens is 290 g/mol. The molecule has 0 fully saturated rings. The molecule has 21 heavy (non-hydrogen) atoms. The lowest BCUT2D eigenvalue weighted by Gasteiger charge is -2.14. The molecule has 0 aromatic heterocycles. The predicted octanol–water partition coefficient (Wildman–Crippen LogP) is 2.02. The number of nitrogens with one attached hydrogen (secondary N) is 3. The summed E-state index contributed by atoms with van der Waals surface area (Å²) in [6.07, 6.45) is 0. The van der Waals surface area contributed by atoms with Crippen molar-refractivity contribution in [2.45, 2.75) is 0 Å². The van der Waals surface area contributed by atoms with Crippen molar-refractivity contribution in [3.63, 3.8) is 0 Å². The lowest BCUT2D eigenvalue weighted by molar-refractivity contribution is -0.136. The van der Waals surface area contributed by atoms with Crippen LogP contribution in [0.2, 0.25) is 0 Å². The molecule has 7 heteroatoms. The predicted molar refractivity (Wildman–Crippen MR) is 84.5 cm³/mol. The molecule has 0 unspecified atom stereocenters. The number of thioether (sulfide) groups is 1. The molecular formula is C14H17N3O3S. The summed E-state index contributed by atoms with van der Waals surface area (Å²) in [6, 6.07) is 7.02. The van der Waals surface area contributed by atoms with E-state index in [1.165, 1.54) is 7.11 Å². The summed E-state index contributed by atoms with van der Waals surface area (Å²) in [7, 11) is 2.92. The van der Waals surface area contributed by atoms with Crippen LogP contribution in [0.1, 0.15) is 0 Å². The van der Waals surface area contributed by atoms with Crippen molar-refractivity contribution < 1.29 is 14.3 Å². The number of benzene rings is 1. The maximum atomic E-state index is 11.7. The van der Waals surface area contributed by atoms with E-state index in [1.807, 2.05) is 18.2 Å². The number of esters is 1. The van der Waals surface area contributed by atoms with Gasteiger partial charge in [-0.3, -0.25) is 0 Å². The fraction of sp³-hybridized carbons (Fsp3) is 0.286. The van der Waals surface area contributed by atoms with Gasteiger partial charge < -0.3 is 20.7 Å². The highest BCUT2D eigenvalue weighted by atomic mass is 32.2. The Morgan fingerprint density at radius 1 is 1.19 bits per heavy atom. The summed E-state index contributed by atoms with van der Waals surface area (Å²) in [4.78, 5) is 23.2. The molecule has 3 N–H and O–H groups in total. The van der Waals surface area contributed by atoms with Crippen molar-refractivity contribution >= 4 is 35.1 Å². The quantitative estimate of drug-likeness (QED) is 0.742. The Morgan fingerprint density at radius 2 is 1.90 bits per heavy atom. The van der Waals surface area contributed by atoms with Crippen molar-refractivity contribution in [1.29, 1.82) is 0 Å². The topological polar surface area (TPSA) is 79.5 Å². The van der Waals surface area contributed by atoms with Crippen LogP contribution < -0.4 is 16.0 Å². The molecule has 1 heterocycles. The molecule has 0 aliphatic carbocycles. The average molecular weight is 307 g/mol. The Labute approximate surface area is 127 Å². The van der Waals surface area contributed by atoms with Crippen molar-refractivity contribution in [3.8, 4) is 0 Å². The van der Waals surface area contributed by atoms with Crippen molar-refractivity contribution in [2.75, 3.05) is 36.3 Å². The highest BCUT2D eigenvalue weighted by molar-refractivity contribution is 8.00. The van der Waals surface area contributed by atoms with E-state index in [4.69, 9.17) is 4.74 Å². The van der Waals surface area contributed by atoms with Crippen LogP contribution in [0.4, 0.5) is 16.2 Å². The van der Waals surface area contributed by atoms with Crippen LogP contribution in [-0.4, -0.2) is 37.7 Å². The monoisotopic (exact) mass is 307 g/mol. The standard InChI is InChI=1S/C14H17N3O3S/c1-15-14(19)17-11-6-4-3-5-10(11)16-12-8-21-7-9(12)13(18)20-2/h3-6,16H,7-8H2,1-2H3,(H2,15,17,19). The third-order valence-electron chi connectivity index (χ3n) is 2.98. The molecule has 112 valence electrons. The van der Waals surface area contributed by atoms with Crippen LogP contribution in [0.15, 0.2) is 35.5 Å². The van der Waals surface area contributed by atoms with Crippen LogP contribution in [0.25, 0.3) is 0 Å². The molecule has 0 spiro atoms. The van der Waals surface area contributed by atoms with Gasteiger partial charge in [0.05, 0.1) is 24.1 Å². The van der Waals surface area contributed by atoms with E-state index in [9.17, 15) is 9.59 Å². The first-order valence-corrected chi connectivity index (χ1v) is 7.54. The zero-order valence-electron chi connectivity index (χ0n) is 11.9. The number of rotatable bonds is 4. The molecule has 0 atom stereocenters. The van der Waals surface area contributed by atoms with Gasteiger partial charge in [0, 0.05) is 24.3 Å². The minimum Gasteiger partial charge on any atom is -0.466 e. The van der Waals surface area contributed by atoms with Crippen molar-refractivity contribution in [1.82, 2.24) is 5.32 Å². The molecule has 2 amide bonds. The number of para-hydroxylation sites is 2. The first-order valence-electron chi connectivity index (χ1n) is 6.38.